The summed E-state index contributed by atoms with van der Waals surface area (Å²) in [6.45, 7) is 12.0. The van der Waals surface area contributed by atoms with E-state index in [1.54, 1.807) is 0 Å². The van der Waals surface area contributed by atoms with Gasteiger partial charge < -0.3 is 0 Å². The third kappa shape index (κ3) is 6.90. The van der Waals surface area contributed by atoms with E-state index in [1.165, 1.54) is 77.0 Å². The predicted octanol–water partition coefficient (Wildman–Crippen LogP) is 7.50. The fraction of sp³-hybridized carbons (Fsp3) is 1.00. The summed E-state index contributed by atoms with van der Waals surface area (Å²) < 4.78 is 6.21. The first-order valence-electron chi connectivity index (χ1n) is 11.5. The van der Waals surface area contributed by atoms with Crippen molar-refractivity contribution in [3.8, 4) is 0 Å². The van der Waals surface area contributed by atoms with Crippen molar-refractivity contribution in [3.63, 3.8) is 0 Å². The van der Waals surface area contributed by atoms with Crippen molar-refractivity contribution < 1.29 is 0 Å². The summed E-state index contributed by atoms with van der Waals surface area (Å²) in [5.74, 6) is 0. The summed E-state index contributed by atoms with van der Waals surface area (Å²) in [5, 5.41) is 0. The molecule has 2 aliphatic rings. The second kappa shape index (κ2) is 12.2. The minimum absolute atomic E-state index is 0.613. The topological polar surface area (TPSA) is 6.48 Å². The van der Waals surface area contributed by atoms with Crippen LogP contribution in [-0.4, -0.2) is 37.4 Å². The Hall–Kier alpha value is 0.620. The fourth-order valence-electron chi connectivity index (χ4n) is 4.49. The predicted molar refractivity (Wildman–Crippen MR) is 122 cm³/mol. The average Bonchev–Trinajstić information content (AvgIpc) is 2.70. The minimum atomic E-state index is 0.613. The monoisotopic (exact) mass is 400 g/mol. The van der Waals surface area contributed by atoms with E-state index in [9.17, 15) is 0 Å². The first-order valence-corrected chi connectivity index (χ1v) is 13.1. The van der Waals surface area contributed by atoms with Crippen molar-refractivity contribution in [2.24, 2.45) is 0 Å². The smallest absolute Gasteiger partial charge is 0.0768 e. The van der Waals surface area contributed by atoms with E-state index >= 15 is 0 Å². The van der Waals surface area contributed by atoms with Gasteiger partial charge in [0.25, 0.3) is 0 Å². The Morgan fingerprint density at radius 1 is 0.654 bits per heavy atom. The Morgan fingerprint density at radius 3 is 1.31 bits per heavy atom. The molecule has 0 aliphatic heterocycles. The van der Waals surface area contributed by atoms with Gasteiger partial charge in [0.1, 0.15) is 0 Å². The van der Waals surface area contributed by atoms with Crippen LogP contribution in [0.4, 0.5) is 0 Å². The summed E-state index contributed by atoms with van der Waals surface area (Å²) in [6, 6.07) is 2.99. The van der Waals surface area contributed by atoms with E-state index in [2.05, 4.69) is 67.1 Å². The number of nitrogens with zero attached hydrogens (tertiary/aromatic N) is 2. The van der Waals surface area contributed by atoms with Crippen LogP contribution in [0.15, 0.2) is 0 Å². The Balaban J connectivity index is 1.97. The third-order valence-corrected chi connectivity index (χ3v) is 9.37. The van der Waals surface area contributed by atoms with E-state index in [0.29, 0.717) is 16.7 Å². The fourth-order valence-corrected chi connectivity index (χ4v) is 7.41. The Morgan fingerprint density at radius 2 is 1.00 bits per heavy atom. The molecular formula is C22H44N2S2. The standard InChI is InChI=1S/C22H44N2S2/c1-6-18(3)23(21-14-10-8-11-15-21)25-20(5)26-24(19(4)7-2)22-16-12-9-13-17-22/h18-22H,6-17H2,1-5H3. The van der Waals surface area contributed by atoms with Gasteiger partial charge in [-0.05, 0) is 59.3 Å². The van der Waals surface area contributed by atoms with Crippen molar-refractivity contribution in [2.45, 2.75) is 140 Å². The molecule has 0 amide bonds. The molecule has 154 valence electrons. The molecular weight excluding hydrogens is 356 g/mol. The van der Waals surface area contributed by atoms with Gasteiger partial charge in [-0.25, -0.2) is 8.61 Å². The molecule has 2 aliphatic carbocycles. The molecule has 0 radical (unpaired) electrons. The second-order valence-electron chi connectivity index (χ2n) is 8.60. The lowest BCUT2D eigenvalue weighted by Gasteiger charge is -2.41. The van der Waals surface area contributed by atoms with Gasteiger partial charge >= 0.3 is 0 Å². The Bertz CT molecular complexity index is 333. The van der Waals surface area contributed by atoms with Crippen molar-refractivity contribution in [3.05, 3.63) is 0 Å². The van der Waals surface area contributed by atoms with Crippen LogP contribution >= 0.6 is 23.9 Å². The third-order valence-electron chi connectivity index (χ3n) is 6.46. The van der Waals surface area contributed by atoms with Gasteiger partial charge in [0, 0.05) is 24.2 Å². The van der Waals surface area contributed by atoms with E-state index in [4.69, 9.17) is 0 Å². The quantitative estimate of drug-likeness (QED) is 0.276. The lowest BCUT2D eigenvalue weighted by atomic mass is 9.95. The van der Waals surface area contributed by atoms with Crippen molar-refractivity contribution in [1.29, 1.82) is 0 Å². The highest BCUT2D eigenvalue weighted by molar-refractivity contribution is 8.14. The first-order chi connectivity index (χ1) is 12.6. The van der Waals surface area contributed by atoms with Gasteiger partial charge in [0.15, 0.2) is 0 Å². The minimum Gasteiger partial charge on any atom is -0.244 e. The van der Waals surface area contributed by atoms with Crippen LogP contribution in [0.5, 0.6) is 0 Å². The molecule has 2 rings (SSSR count). The molecule has 2 fully saturated rings. The van der Waals surface area contributed by atoms with Crippen LogP contribution in [0.25, 0.3) is 0 Å². The van der Waals surface area contributed by atoms with Crippen molar-refractivity contribution in [1.82, 2.24) is 8.61 Å². The molecule has 0 spiro atoms. The molecule has 26 heavy (non-hydrogen) atoms. The summed E-state index contributed by atoms with van der Waals surface area (Å²) >= 11 is 4.32. The van der Waals surface area contributed by atoms with E-state index < -0.39 is 0 Å². The van der Waals surface area contributed by atoms with Crippen LogP contribution in [0.2, 0.25) is 0 Å². The van der Waals surface area contributed by atoms with Gasteiger partial charge in [-0.2, -0.15) is 0 Å². The zero-order valence-electron chi connectivity index (χ0n) is 18.1. The maximum Gasteiger partial charge on any atom is 0.0768 e. The normalized spacial score (nSPS) is 24.1. The lowest BCUT2D eigenvalue weighted by Crippen LogP contribution is -2.41. The zero-order chi connectivity index (χ0) is 18.9. The summed E-state index contributed by atoms with van der Waals surface area (Å²) in [6.07, 6.45) is 16.8. The SMILES string of the molecule is CCC(C)N(SC(C)SN(C(C)CC)C1CCCCC1)C1CCCCC1. The maximum atomic E-state index is 2.80. The molecule has 2 nitrogen and oxygen atoms in total. The Kier molecular flexibility index (Phi) is 10.8. The number of hydrogen-bond donors (Lipinski definition) is 0. The number of rotatable bonds is 10. The van der Waals surface area contributed by atoms with Crippen LogP contribution in [0, 0.1) is 0 Å². The summed E-state index contributed by atoms with van der Waals surface area (Å²) in [5.41, 5.74) is 0. The Labute approximate surface area is 172 Å². The van der Waals surface area contributed by atoms with E-state index in [0.717, 1.165) is 12.1 Å². The van der Waals surface area contributed by atoms with Crippen LogP contribution < -0.4 is 0 Å². The highest BCUT2D eigenvalue weighted by Gasteiger charge is 2.30. The molecule has 2 atom stereocenters. The average molecular weight is 401 g/mol. The van der Waals surface area contributed by atoms with Gasteiger partial charge in [-0.1, -0.05) is 76.3 Å². The van der Waals surface area contributed by atoms with Crippen LogP contribution in [0.1, 0.15) is 112 Å². The lowest BCUT2D eigenvalue weighted by molar-refractivity contribution is 0.222. The molecule has 2 unspecified atom stereocenters. The molecule has 0 N–H and O–H groups in total. The van der Waals surface area contributed by atoms with Gasteiger partial charge in [-0.15, -0.1) is 0 Å². The van der Waals surface area contributed by atoms with Crippen molar-refractivity contribution in [2.75, 3.05) is 0 Å². The molecule has 0 heterocycles. The maximum absolute atomic E-state index is 2.80. The first kappa shape index (κ1) is 22.9. The molecule has 0 bridgehead atoms. The highest BCUT2D eigenvalue weighted by atomic mass is 32.2. The van der Waals surface area contributed by atoms with E-state index in [1.807, 2.05) is 0 Å². The van der Waals surface area contributed by atoms with Crippen LogP contribution in [-0.2, 0) is 0 Å². The second-order valence-corrected chi connectivity index (χ2v) is 11.6. The molecule has 0 saturated heterocycles. The van der Waals surface area contributed by atoms with Gasteiger partial charge in [0.05, 0.1) is 4.58 Å². The molecule has 0 aromatic rings. The molecule has 0 aromatic carbocycles. The summed E-state index contributed by atoms with van der Waals surface area (Å²) in [7, 11) is 0. The van der Waals surface area contributed by atoms with E-state index in [-0.39, 0.29) is 0 Å². The molecule has 4 heteroatoms. The van der Waals surface area contributed by atoms with Gasteiger partial charge in [-0.3, -0.25) is 0 Å². The van der Waals surface area contributed by atoms with Crippen molar-refractivity contribution >= 4 is 23.9 Å². The van der Waals surface area contributed by atoms with Crippen LogP contribution in [0.3, 0.4) is 0 Å². The highest BCUT2D eigenvalue weighted by Crippen LogP contribution is 2.40. The molecule has 0 aromatic heterocycles. The van der Waals surface area contributed by atoms with Gasteiger partial charge in [0.2, 0.25) is 0 Å². The summed E-state index contributed by atoms with van der Waals surface area (Å²) in [4.78, 5) is 0. The zero-order valence-corrected chi connectivity index (χ0v) is 19.7. The number of hydrogen-bond acceptors (Lipinski definition) is 4. The largest absolute Gasteiger partial charge is 0.244 e. The molecule has 2 saturated carbocycles.